The standard InChI is InChI=1S/C22H25N3O5S/c1-3-24(4-2)31(28,29)20-13-11-18(12-14-20)22(27)30-17-21(26)25(16-8-15-23)19-9-6-5-7-10-19/h5-7,9-14H,3-4,8,16-17H2,1-2H3. The number of nitrogens with zero attached hydrogens (tertiary/aromatic N) is 3. The summed E-state index contributed by atoms with van der Waals surface area (Å²) in [5, 5.41) is 8.84. The molecule has 0 aliphatic carbocycles. The Balaban J connectivity index is 2.06. The van der Waals surface area contributed by atoms with Crippen LogP contribution in [-0.4, -0.2) is 50.8 Å². The molecule has 1 amide bonds. The summed E-state index contributed by atoms with van der Waals surface area (Å²) < 4.78 is 31.5. The molecule has 2 aromatic carbocycles. The van der Waals surface area contributed by atoms with E-state index in [-0.39, 0.29) is 23.4 Å². The van der Waals surface area contributed by atoms with E-state index >= 15 is 0 Å². The third-order valence-electron chi connectivity index (χ3n) is 4.58. The van der Waals surface area contributed by atoms with Crippen LogP contribution in [0, 0.1) is 11.3 Å². The number of ether oxygens (including phenoxy) is 1. The van der Waals surface area contributed by atoms with E-state index in [2.05, 4.69) is 0 Å². The summed E-state index contributed by atoms with van der Waals surface area (Å²) >= 11 is 0. The first kappa shape index (κ1) is 24.1. The second-order valence-electron chi connectivity index (χ2n) is 6.48. The number of para-hydroxylation sites is 1. The fourth-order valence-corrected chi connectivity index (χ4v) is 4.39. The molecular weight excluding hydrogens is 418 g/mol. The molecule has 9 heteroatoms. The molecule has 0 saturated heterocycles. The molecule has 0 radical (unpaired) electrons. The Kier molecular flexibility index (Phi) is 8.73. The highest BCUT2D eigenvalue weighted by Crippen LogP contribution is 2.17. The van der Waals surface area contributed by atoms with Crippen molar-refractivity contribution in [3.8, 4) is 6.07 Å². The molecule has 0 fully saturated rings. The van der Waals surface area contributed by atoms with E-state index in [0.717, 1.165) is 0 Å². The van der Waals surface area contributed by atoms with Crippen molar-refractivity contribution in [3.63, 3.8) is 0 Å². The van der Waals surface area contributed by atoms with Gasteiger partial charge < -0.3 is 9.64 Å². The largest absolute Gasteiger partial charge is 0.452 e. The molecule has 0 bridgehead atoms. The fourth-order valence-electron chi connectivity index (χ4n) is 2.93. The number of esters is 1. The van der Waals surface area contributed by atoms with Crippen molar-refractivity contribution in [1.29, 1.82) is 5.26 Å². The topological polar surface area (TPSA) is 108 Å². The van der Waals surface area contributed by atoms with Crippen LogP contribution in [-0.2, 0) is 19.6 Å². The lowest BCUT2D eigenvalue weighted by atomic mass is 10.2. The number of benzene rings is 2. The van der Waals surface area contributed by atoms with Crippen molar-refractivity contribution < 1.29 is 22.7 Å². The Hall–Kier alpha value is -3.22. The zero-order valence-corrected chi connectivity index (χ0v) is 18.3. The van der Waals surface area contributed by atoms with Crippen molar-refractivity contribution in [2.75, 3.05) is 31.1 Å². The summed E-state index contributed by atoms with van der Waals surface area (Å²) in [5.41, 5.74) is 0.736. The molecule has 2 aromatic rings. The van der Waals surface area contributed by atoms with E-state index in [1.165, 1.54) is 33.5 Å². The number of carbonyl (C=O) groups excluding carboxylic acids is 2. The van der Waals surface area contributed by atoms with E-state index < -0.39 is 28.5 Å². The van der Waals surface area contributed by atoms with Crippen LogP contribution >= 0.6 is 0 Å². The van der Waals surface area contributed by atoms with Crippen molar-refractivity contribution in [1.82, 2.24) is 4.31 Å². The van der Waals surface area contributed by atoms with Gasteiger partial charge in [-0.1, -0.05) is 32.0 Å². The van der Waals surface area contributed by atoms with Gasteiger partial charge in [-0.15, -0.1) is 0 Å². The Morgan fingerprint density at radius 2 is 1.61 bits per heavy atom. The molecule has 0 heterocycles. The van der Waals surface area contributed by atoms with Crippen molar-refractivity contribution >= 4 is 27.6 Å². The van der Waals surface area contributed by atoms with E-state index in [4.69, 9.17) is 10.00 Å². The molecule has 0 N–H and O–H groups in total. The number of sulfonamides is 1. The first-order valence-electron chi connectivity index (χ1n) is 9.84. The van der Waals surface area contributed by atoms with E-state index in [1.54, 1.807) is 44.2 Å². The third-order valence-corrected chi connectivity index (χ3v) is 6.64. The zero-order chi connectivity index (χ0) is 22.9. The van der Waals surface area contributed by atoms with Crippen LogP contribution in [0.25, 0.3) is 0 Å². The predicted octanol–water partition coefficient (Wildman–Crippen LogP) is 2.82. The Bertz CT molecular complexity index is 1030. The monoisotopic (exact) mass is 443 g/mol. The first-order valence-corrected chi connectivity index (χ1v) is 11.3. The predicted molar refractivity (Wildman–Crippen MR) is 116 cm³/mol. The molecule has 2 rings (SSSR count). The summed E-state index contributed by atoms with van der Waals surface area (Å²) in [6.45, 7) is 3.86. The van der Waals surface area contributed by atoms with Gasteiger partial charge in [-0.05, 0) is 36.4 Å². The maximum atomic E-state index is 12.6. The van der Waals surface area contributed by atoms with Gasteiger partial charge >= 0.3 is 5.97 Å². The summed E-state index contributed by atoms with van der Waals surface area (Å²) in [4.78, 5) is 26.4. The SMILES string of the molecule is CCN(CC)S(=O)(=O)c1ccc(C(=O)OCC(=O)N(CCC#N)c2ccccc2)cc1. The smallest absolute Gasteiger partial charge is 0.338 e. The average molecular weight is 444 g/mol. The third kappa shape index (κ3) is 6.13. The highest BCUT2D eigenvalue weighted by Gasteiger charge is 2.22. The van der Waals surface area contributed by atoms with Crippen LogP contribution in [0.4, 0.5) is 5.69 Å². The van der Waals surface area contributed by atoms with Gasteiger partial charge in [0, 0.05) is 25.3 Å². The molecule has 8 nitrogen and oxygen atoms in total. The number of amides is 1. The summed E-state index contributed by atoms with van der Waals surface area (Å²) in [7, 11) is -3.63. The maximum Gasteiger partial charge on any atom is 0.338 e. The number of nitriles is 1. The Morgan fingerprint density at radius 3 is 2.16 bits per heavy atom. The molecular formula is C22H25N3O5S. The van der Waals surface area contributed by atoms with Gasteiger partial charge in [0.25, 0.3) is 5.91 Å². The highest BCUT2D eigenvalue weighted by molar-refractivity contribution is 7.89. The van der Waals surface area contributed by atoms with E-state index in [0.29, 0.717) is 18.8 Å². The number of rotatable bonds is 10. The number of carbonyl (C=O) groups is 2. The molecule has 0 aliphatic heterocycles. The summed E-state index contributed by atoms with van der Waals surface area (Å²) in [6.07, 6.45) is 0.136. The van der Waals surface area contributed by atoms with Gasteiger partial charge in [0.15, 0.2) is 6.61 Å². The van der Waals surface area contributed by atoms with Gasteiger partial charge in [-0.3, -0.25) is 4.79 Å². The van der Waals surface area contributed by atoms with Gasteiger partial charge in [0.1, 0.15) is 0 Å². The highest BCUT2D eigenvalue weighted by atomic mass is 32.2. The Labute approximate surface area is 182 Å². The molecule has 0 aliphatic rings. The quantitative estimate of drug-likeness (QED) is 0.523. The lowest BCUT2D eigenvalue weighted by molar-refractivity contribution is -0.121. The number of anilines is 1. The van der Waals surface area contributed by atoms with Gasteiger partial charge in [0.2, 0.25) is 10.0 Å². The summed E-state index contributed by atoms with van der Waals surface area (Å²) in [5.74, 6) is -1.20. The van der Waals surface area contributed by atoms with Crippen LogP contribution in [0.15, 0.2) is 59.5 Å². The lowest BCUT2D eigenvalue weighted by Crippen LogP contribution is -2.35. The van der Waals surface area contributed by atoms with Gasteiger partial charge in [0.05, 0.1) is 22.9 Å². The number of hydrogen-bond donors (Lipinski definition) is 0. The second kappa shape index (κ2) is 11.2. The fraction of sp³-hybridized carbons (Fsp3) is 0.318. The maximum absolute atomic E-state index is 12.6. The van der Waals surface area contributed by atoms with Crippen molar-refractivity contribution in [2.24, 2.45) is 0 Å². The molecule has 0 unspecified atom stereocenters. The Morgan fingerprint density at radius 1 is 1.00 bits per heavy atom. The first-order chi connectivity index (χ1) is 14.8. The van der Waals surface area contributed by atoms with Gasteiger partial charge in [-0.2, -0.15) is 9.57 Å². The van der Waals surface area contributed by atoms with Crippen LogP contribution < -0.4 is 4.90 Å². The van der Waals surface area contributed by atoms with Gasteiger partial charge in [-0.25, -0.2) is 13.2 Å². The van der Waals surface area contributed by atoms with Crippen molar-refractivity contribution in [2.45, 2.75) is 25.2 Å². The minimum atomic E-state index is -3.63. The number of hydrogen-bond acceptors (Lipinski definition) is 6. The van der Waals surface area contributed by atoms with Crippen LogP contribution in [0.3, 0.4) is 0 Å². The lowest BCUT2D eigenvalue weighted by Gasteiger charge is -2.21. The van der Waals surface area contributed by atoms with Crippen LogP contribution in [0.5, 0.6) is 0 Å². The van der Waals surface area contributed by atoms with Crippen molar-refractivity contribution in [3.05, 3.63) is 60.2 Å². The van der Waals surface area contributed by atoms with Crippen LogP contribution in [0.1, 0.15) is 30.6 Å². The van der Waals surface area contributed by atoms with E-state index in [9.17, 15) is 18.0 Å². The molecule has 0 saturated carbocycles. The average Bonchev–Trinajstić information content (AvgIpc) is 2.79. The molecule has 164 valence electrons. The molecule has 0 spiro atoms. The van der Waals surface area contributed by atoms with E-state index in [1.807, 2.05) is 6.07 Å². The normalized spacial score (nSPS) is 11.0. The zero-order valence-electron chi connectivity index (χ0n) is 17.5. The molecule has 0 aromatic heterocycles. The minimum absolute atomic E-state index is 0.0792. The molecule has 31 heavy (non-hydrogen) atoms. The second-order valence-corrected chi connectivity index (χ2v) is 8.42. The summed E-state index contributed by atoms with van der Waals surface area (Å²) in [6, 6.07) is 16.2. The minimum Gasteiger partial charge on any atom is -0.452 e. The van der Waals surface area contributed by atoms with Crippen LogP contribution in [0.2, 0.25) is 0 Å². The molecule has 0 atom stereocenters.